The summed E-state index contributed by atoms with van der Waals surface area (Å²) in [7, 11) is 0. The average molecular weight is 534 g/mol. The molecule has 2 unspecified atom stereocenters. The first-order valence-electron chi connectivity index (χ1n) is 13.4. The number of ether oxygens (including phenoxy) is 1. The molecule has 2 rings (SSSR count). The zero-order valence-corrected chi connectivity index (χ0v) is 24.7. The van der Waals surface area contributed by atoms with Crippen LogP contribution in [0.3, 0.4) is 0 Å². The van der Waals surface area contributed by atoms with E-state index in [2.05, 4.69) is 16.6 Å². The first-order chi connectivity index (χ1) is 18.1. The van der Waals surface area contributed by atoms with Crippen LogP contribution < -0.4 is 10.6 Å². The Hall–Kier alpha value is -3.79. The number of benzene rings is 2. The van der Waals surface area contributed by atoms with Crippen molar-refractivity contribution in [2.75, 3.05) is 5.32 Å². The highest BCUT2D eigenvalue weighted by molar-refractivity contribution is 6.00. The van der Waals surface area contributed by atoms with Gasteiger partial charge in [0.1, 0.15) is 17.7 Å². The number of anilines is 1. The maximum absolute atomic E-state index is 14.5. The molecule has 0 aliphatic carbocycles. The molecule has 7 nitrogen and oxygen atoms in total. The molecule has 2 aromatic rings. The third-order valence-corrected chi connectivity index (χ3v) is 6.68. The van der Waals surface area contributed by atoms with Crippen molar-refractivity contribution >= 4 is 23.6 Å². The van der Waals surface area contributed by atoms with Gasteiger partial charge < -0.3 is 20.3 Å². The van der Waals surface area contributed by atoms with Crippen LogP contribution >= 0.6 is 0 Å². The van der Waals surface area contributed by atoms with Crippen LogP contribution in [-0.2, 0) is 14.3 Å². The van der Waals surface area contributed by atoms with Crippen molar-refractivity contribution in [2.24, 2.45) is 5.92 Å². The number of aryl methyl sites for hydroxylation is 1. The number of nitrogens with one attached hydrogen (secondary N) is 2. The maximum atomic E-state index is 14.5. The van der Waals surface area contributed by atoms with Gasteiger partial charge in [-0.1, -0.05) is 63.1 Å². The van der Waals surface area contributed by atoms with E-state index in [1.807, 2.05) is 65.8 Å². The summed E-state index contributed by atoms with van der Waals surface area (Å²) in [6, 6.07) is 12.6. The van der Waals surface area contributed by atoms with E-state index >= 15 is 0 Å². The largest absolute Gasteiger partial charge is 0.444 e. The van der Waals surface area contributed by atoms with Crippen LogP contribution in [0.15, 0.2) is 48.5 Å². The molecule has 3 amide bonds. The van der Waals surface area contributed by atoms with Crippen LogP contribution in [0, 0.1) is 25.2 Å². The second-order valence-corrected chi connectivity index (χ2v) is 11.7. The van der Waals surface area contributed by atoms with Crippen molar-refractivity contribution in [1.82, 2.24) is 10.2 Å². The van der Waals surface area contributed by atoms with Crippen LogP contribution in [0.25, 0.3) is 0 Å². The molecule has 2 aromatic carbocycles. The zero-order chi connectivity index (χ0) is 29.5. The Morgan fingerprint density at radius 1 is 1.00 bits per heavy atom. The Morgan fingerprint density at radius 3 is 2.13 bits per heavy atom. The van der Waals surface area contributed by atoms with Crippen LogP contribution in [0.5, 0.6) is 0 Å². The topological polar surface area (TPSA) is 87.7 Å². The number of terminal acetylenes is 1. The molecule has 0 saturated carbocycles. The SMILES string of the molecule is C#Cc1ccccc1C(C(=O)Nc1ccccc1C)N(C(=O)C(NC(=O)OC(C)(C)C)C(C)C)C(C)(C)CC. The van der Waals surface area contributed by atoms with Crippen molar-refractivity contribution in [2.45, 2.75) is 92.0 Å². The average Bonchev–Trinajstić information content (AvgIpc) is 2.85. The van der Waals surface area contributed by atoms with Crippen molar-refractivity contribution in [3.63, 3.8) is 0 Å². The normalized spacial score (nSPS) is 13.2. The van der Waals surface area contributed by atoms with Gasteiger partial charge in [-0.3, -0.25) is 9.59 Å². The summed E-state index contributed by atoms with van der Waals surface area (Å²) in [5.74, 6) is 1.58. The molecule has 0 bridgehead atoms. The molecular weight excluding hydrogens is 490 g/mol. The third-order valence-electron chi connectivity index (χ3n) is 6.68. The Labute approximate surface area is 233 Å². The van der Waals surface area contributed by atoms with Crippen LogP contribution in [0.2, 0.25) is 0 Å². The van der Waals surface area contributed by atoms with Gasteiger partial charge in [0.25, 0.3) is 5.91 Å². The standard InChI is InChI=1S/C32H43N3O4/c1-11-23-18-14-15-19-24(23)27(28(36)33-25-20-16-13-17-22(25)5)35(32(9,10)12-2)29(37)26(21(3)4)34-30(38)39-31(6,7)8/h1,13-21,26-27H,12H2,2-10H3,(H,33,36)(H,34,38). The molecule has 0 heterocycles. The van der Waals surface area contributed by atoms with Crippen LogP contribution in [-0.4, -0.2) is 40.0 Å². The number of nitrogens with zero attached hydrogens (tertiary/aromatic N) is 1. The summed E-state index contributed by atoms with van der Waals surface area (Å²) in [6.45, 7) is 16.6. The fraction of sp³-hybridized carbons (Fsp3) is 0.469. The van der Waals surface area contributed by atoms with E-state index in [4.69, 9.17) is 11.2 Å². The molecular formula is C32H43N3O4. The maximum Gasteiger partial charge on any atom is 0.408 e. The first kappa shape index (κ1) is 31.4. The molecule has 0 radical (unpaired) electrons. The van der Waals surface area contributed by atoms with Gasteiger partial charge >= 0.3 is 6.09 Å². The number of alkyl carbamates (subject to hydrolysis) is 1. The lowest BCUT2D eigenvalue weighted by molar-refractivity contribution is -0.148. The van der Waals surface area contributed by atoms with E-state index in [1.165, 1.54) is 0 Å². The number of para-hydroxylation sites is 1. The number of hydrogen-bond acceptors (Lipinski definition) is 4. The Balaban J connectivity index is 2.71. The van der Waals surface area contributed by atoms with E-state index in [9.17, 15) is 14.4 Å². The molecule has 39 heavy (non-hydrogen) atoms. The lowest BCUT2D eigenvalue weighted by Gasteiger charge is -2.45. The molecule has 2 atom stereocenters. The summed E-state index contributed by atoms with van der Waals surface area (Å²) in [5.41, 5.74) is 1.04. The van der Waals surface area contributed by atoms with Gasteiger partial charge in [-0.25, -0.2) is 4.79 Å². The van der Waals surface area contributed by atoms with Gasteiger partial charge in [0.05, 0.1) is 0 Å². The minimum absolute atomic E-state index is 0.289. The minimum Gasteiger partial charge on any atom is -0.444 e. The van der Waals surface area contributed by atoms with Gasteiger partial charge in [-0.05, 0) is 77.1 Å². The number of carbonyl (C=O) groups is 3. The smallest absolute Gasteiger partial charge is 0.408 e. The van der Waals surface area contributed by atoms with Gasteiger partial charge in [-0.2, -0.15) is 0 Å². The predicted octanol–water partition coefficient (Wildman–Crippen LogP) is 6.22. The van der Waals surface area contributed by atoms with Crippen molar-refractivity contribution in [3.05, 3.63) is 65.2 Å². The predicted molar refractivity (Wildman–Crippen MR) is 156 cm³/mol. The van der Waals surface area contributed by atoms with Crippen LogP contribution in [0.1, 0.15) is 84.5 Å². The van der Waals surface area contributed by atoms with Crippen LogP contribution in [0.4, 0.5) is 10.5 Å². The summed E-state index contributed by atoms with van der Waals surface area (Å²) < 4.78 is 5.45. The van der Waals surface area contributed by atoms with E-state index in [-0.39, 0.29) is 5.92 Å². The minimum atomic E-state index is -1.07. The van der Waals surface area contributed by atoms with E-state index in [1.54, 1.807) is 49.9 Å². The summed E-state index contributed by atoms with van der Waals surface area (Å²) in [5, 5.41) is 5.78. The number of hydrogen-bond donors (Lipinski definition) is 2. The lowest BCUT2D eigenvalue weighted by atomic mass is 9.89. The Kier molecular flexibility index (Phi) is 10.3. The highest BCUT2D eigenvalue weighted by atomic mass is 16.6. The summed E-state index contributed by atoms with van der Waals surface area (Å²) >= 11 is 0. The Morgan fingerprint density at radius 2 is 1.59 bits per heavy atom. The summed E-state index contributed by atoms with van der Waals surface area (Å²) in [6.07, 6.45) is 5.70. The Bertz CT molecular complexity index is 1220. The first-order valence-corrected chi connectivity index (χ1v) is 13.4. The number of amides is 3. The number of carbonyl (C=O) groups excluding carboxylic acids is 3. The second kappa shape index (κ2) is 12.8. The number of rotatable bonds is 9. The highest BCUT2D eigenvalue weighted by Gasteiger charge is 2.44. The fourth-order valence-corrected chi connectivity index (χ4v) is 4.22. The van der Waals surface area contributed by atoms with Crippen molar-refractivity contribution in [3.8, 4) is 12.3 Å². The van der Waals surface area contributed by atoms with Gasteiger partial charge in [0.15, 0.2) is 0 Å². The van der Waals surface area contributed by atoms with Crippen molar-refractivity contribution < 1.29 is 19.1 Å². The molecule has 0 saturated heterocycles. The third kappa shape index (κ3) is 8.10. The molecule has 0 aliphatic rings. The quantitative estimate of drug-likeness (QED) is 0.375. The van der Waals surface area contributed by atoms with E-state index in [0.717, 1.165) is 5.56 Å². The molecule has 210 valence electrons. The molecule has 0 spiro atoms. The second-order valence-electron chi connectivity index (χ2n) is 11.7. The van der Waals surface area contributed by atoms with Gasteiger partial charge in [-0.15, -0.1) is 6.42 Å². The van der Waals surface area contributed by atoms with E-state index in [0.29, 0.717) is 23.2 Å². The monoisotopic (exact) mass is 533 g/mol. The fourth-order valence-electron chi connectivity index (χ4n) is 4.22. The molecule has 7 heteroatoms. The van der Waals surface area contributed by atoms with Gasteiger partial charge in [0.2, 0.25) is 5.91 Å². The molecule has 0 fully saturated rings. The lowest BCUT2D eigenvalue weighted by Crippen LogP contribution is -2.60. The van der Waals surface area contributed by atoms with E-state index < -0.39 is 41.1 Å². The molecule has 2 N–H and O–H groups in total. The van der Waals surface area contributed by atoms with Gasteiger partial charge in [0, 0.05) is 16.8 Å². The highest BCUT2D eigenvalue weighted by Crippen LogP contribution is 2.35. The molecule has 0 aliphatic heterocycles. The molecule has 0 aromatic heterocycles. The zero-order valence-electron chi connectivity index (χ0n) is 24.7. The van der Waals surface area contributed by atoms with Crippen molar-refractivity contribution in [1.29, 1.82) is 0 Å². The summed E-state index contributed by atoms with van der Waals surface area (Å²) in [4.78, 5) is 42.9.